The molecule has 4 nitrogen and oxygen atoms in total. The number of rotatable bonds is 14. The highest BCUT2D eigenvalue weighted by atomic mass is 16.9. The maximum absolute atomic E-state index is 10.4. The molecule has 0 aliphatic heterocycles. The van der Waals surface area contributed by atoms with Crippen LogP contribution in [0.4, 0.5) is 0 Å². The number of aliphatic hydroxyl groups excluding tert-OH is 1. The van der Waals surface area contributed by atoms with E-state index in [1.807, 2.05) is 0 Å². The zero-order valence-corrected chi connectivity index (χ0v) is 12.6. The second-order valence-electron chi connectivity index (χ2n) is 4.41. The Kier molecular flexibility index (Phi) is 11.3. The van der Waals surface area contributed by atoms with E-state index in [0.29, 0.717) is 6.42 Å². The highest BCUT2D eigenvalue weighted by Gasteiger charge is 2.41. The van der Waals surface area contributed by atoms with Gasteiger partial charge in [-0.15, -0.1) is 19.7 Å². The van der Waals surface area contributed by atoms with Gasteiger partial charge in [-0.3, -0.25) is 0 Å². The van der Waals surface area contributed by atoms with Crippen molar-refractivity contribution in [2.45, 2.75) is 44.7 Å². The number of ether oxygens (including phenoxy) is 3. The van der Waals surface area contributed by atoms with Crippen LogP contribution in [-0.2, 0) is 14.2 Å². The monoisotopic (exact) mass is 284 g/mol. The van der Waals surface area contributed by atoms with Gasteiger partial charge in [-0.25, -0.2) is 0 Å². The van der Waals surface area contributed by atoms with Gasteiger partial charge >= 0.3 is 5.97 Å². The summed E-state index contributed by atoms with van der Waals surface area (Å²) in [6.07, 6.45) is 7.41. The van der Waals surface area contributed by atoms with Crippen molar-refractivity contribution in [1.82, 2.24) is 0 Å². The average Bonchev–Trinajstić information content (AvgIpc) is 2.47. The smallest absolute Gasteiger partial charge is 0.311 e. The Hall–Kier alpha value is -0.940. The van der Waals surface area contributed by atoms with Crippen molar-refractivity contribution in [3.8, 4) is 0 Å². The van der Waals surface area contributed by atoms with Crippen LogP contribution in [0.1, 0.15) is 32.6 Å². The lowest BCUT2D eigenvalue weighted by molar-refractivity contribution is -0.405. The third-order valence-electron chi connectivity index (χ3n) is 2.70. The summed E-state index contributed by atoms with van der Waals surface area (Å²) in [4.78, 5) is 0. The molecular formula is C16H28O4. The van der Waals surface area contributed by atoms with Gasteiger partial charge < -0.3 is 19.3 Å². The van der Waals surface area contributed by atoms with Crippen LogP contribution < -0.4 is 0 Å². The van der Waals surface area contributed by atoms with Crippen LogP contribution in [0.3, 0.4) is 0 Å². The first-order valence-electron chi connectivity index (χ1n) is 7.09. The first kappa shape index (κ1) is 19.1. The zero-order valence-electron chi connectivity index (χ0n) is 12.6. The molecule has 1 unspecified atom stereocenters. The van der Waals surface area contributed by atoms with E-state index in [9.17, 15) is 5.11 Å². The second-order valence-corrected chi connectivity index (χ2v) is 4.41. The molecule has 1 N–H and O–H groups in total. The molecule has 0 radical (unpaired) electrons. The molecule has 1 atom stereocenters. The molecule has 4 heteroatoms. The van der Waals surface area contributed by atoms with Crippen molar-refractivity contribution >= 4 is 0 Å². The number of aliphatic hydroxyl groups is 1. The second kappa shape index (κ2) is 11.9. The Balaban J connectivity index is 4.83. The molecule has 116 valence electrons. The summed E-state index contributed by atoms with van der Waals surface area (Å²) in [6, 6.07) is 0. The molecule has 0 amide bonds. The average molecular weight is 284 g/mol. The SMILES string of the molecule is C=CCOC(OCC=C)(OCC=C)C(O)CCCCC. The fourth-order valence-electron chi connectivity index (χ4n) is 1.70. The van der Waals surface area contributed by atoms with Gasteiger partial charge in [0.1, 0.15) is 6.10 Å². The summed E-state index contributed by atoms with van der Waals surface area (Å²) >= 11 is 0. The van der Waals surface area contributed by atoms with E-state index in [1.54, 1.807) is 18.2 Å². The Morgan fingerprint density at radius 3 is 1.75 bits per heavy atom. The van der Waals surface area contributed by atoms with Crippen LogP contribution in [0.5, 0.6) is 0 Å². The predicted molar refractivity (Wildman–Crippen MR) is 81.3 cm³/mol. The van der Waals surface area contributed by atoms with Gasteiger partial charge in [-0.05, 0) is 6.42 Å². The molecule has 0 heterocycles. The van der Waals surface area contributed by atoms with Crippen LogP contribution in [0.25, 0.3) is 0 Å². The lowest BCUT2D eigenvalue weighted by Crippen LogP contribution is -2.50. The highest BCUT2D eigenvalue weighted by molar-refractivity contribution is 4.78. The first-order valence-corrected chi connectivity index (χ1v) is 7.09. The molecule has 0 aromatic carbocycles. The lowest BCUT2D eigenvalue weighted by Gasteiger charge is -2.36. The number of hydrogen-bond donors (Lipinski definition) is 1. The molecule has 0 saturated carbocycles. The Bertz CT molecular complexity index is 244. The fourth-order valence-corrected chi connectivity index (χ4v) is 1.70. The van der Waals surface area contributed by atoms with Gasteiger partial charge in [-0.2, -0.15) is 0 Å². The third kappa shape index (κ3) is 7.01. The normalized spacial score (nSPS) is 12.9. The summed E-state index contributed by atoms with van der Waals surface area (Å²) in [5.74, 6) is -1.50. The Morgan fingerprint density at radius 1 is 0.950 bits per heavy atom. The lowest BCUT2D eigenvalue weighted by atomic mass is 10.1. The van der Waals surface area contributed by atoms with E-state index < -0.39 is 12.1 Å². The van der Waals surface area contributed by atoms with Gasteiger partial charge in [0.05, 0.1) is 19.8 Å². The van der Waals surface area contributed by atoms with Gasteiger partial charge in [0.25, 0.3) is 0 Å². The Morgan fingerprint density at radius 2 is 1.40 bits per heavy atom. The van der Waals surface area contributed by atoms with Crippen LogP contribution in [0.15, 0.2) is 38.0 Å². The molecule has 20 heavy (non-hydrogen) atoms. The maximum atomic E-state index is 10.4. The van der Waals surface area contributed by atoms with Gasteiger partial charge in [0.2, 0.25) is 0 Å². The quantitative estimate of drug-likeness (QED) is 0.302. The molecular weight excluding hydrogens is 256 g/mol. The van der Waals surface area contributed by atoms with Crippen molar-refractivity contribution in [1.29, 1.82) is 0 Å². The standard InChI is InChI=1S/C16H28O4/c1-5-9-10-11-15(17)16(18-12-6-2,19-13-7-3)20-14-8-4/h6-8,15,17H,2-5,9-14H2,1H3. The van der Waals surface area contributed by atoms with Crippen molar-refractivity contribution in [3.05, 3.63) is 38.0 Å². The third-order valence-corrected chi connectivity index (χ3v) is 2.70. The molecule has 0 fully saturated rings. The summed E-state index contributed by atoms with van der Waals surface area (Å²) < 4.78 is 16.7. The van der Waals surface area contributed by atoms with E-state index >= 15 is 0 Å². The summed E-state index contributed by atoms with van der Waals surface area (Å²) in [5.41, 5.74) is 0. The van der Waals surface area contributed by atoms with Crippen LogP contribution >= 0.6 is 0 Å². The highest BCUT2D eigenvalue weighted by Crippen LogP contribution is 2.25. The minimum Gasteiger partial charge on any atom is -0.385 e. The van der Waals surface area contributed by atoms with Gasteiger partial charge in [0, 0.05) is 0 Å². The van der Waals surface area contributed by atoms with Crippen LogP contribution in [-0.4, -0.2) is 37.0 Å². The van der Waals surface area contributed by atoms with Crippen molar-refractivity contribution < 1.29 is 19.3 Å². The molecule has 0 bridgehead atoms. The zero-order chi connectivity index (χ0) is 15.3. The summed E-state index contributed by atoms with van der Waals surface area (Å²) in [5, 5.41) is 10.4. The van der Waals surface area contributed by atoms with E-state index in [-0.39, 0.29) is 19.8 Å². The molecule has 0 aromatic heterocycles. The van der Waals surface area contributed by atoms with E-state index in [4.69, 9.17) is 14.2 Å². The predicted octanol–water partition coefficient (Wildman–Crippen LogP) is 3.19. The summed E-state index contributed by atoms with van der Waals surface area (Å²) in [7, 11) is 0. The minimum absolute atomic E-state index is 0.221. The topological polar surface area (TPSA) is 47.9 Å². The van der Waals surface area contributed by atoms with E-state index in [1.165, 1.54) is 0 Å². The van der Waals surface area contributed by atoms with Crippen molar-refractivity contribution in [2.24, 2.45) is 0 Å². The van der Waals surface area contributed by atoms with Crippen LogP contribution in [0.2, 0.25) is 0 Å². The number of hydrogen-bond acceptors (Lipinski definition) is 4. The number of unbranched alkanes of at least 4 members (excludes halogenated alkanes) is 2. The minimum atomic E-state index is -1.50. The largest absolute Gasteiger partial charge is 0.385 e. The molecule has 0 aromatic rings. The van der Waals surface area contributed by atoms with Crippen LogP contribution in [0, 0.1) is 0 Å². The van der Waals surface area contributed by atoms with Crippen molar-refractivity contribution in [2.75, 3.05) is 19.8 Å². The molecule has 0 aliphatic carbocycles. The summed E-state index contributed by atoms with van der Waals surface area (Å²) in [6.45, 7) is 13.6. The van der Waals surface area contributed by atoms with Gasteiger partial charge in [0.15, 0.2) is 0 Å². The molecule has 0 saturated heterocycles. The van der Waals surface area contributed by atoms with Crippen molar-refractivity contribution in [3.63, 3.8) is 0 Å². The molecule has 0 spiro atoms. The Labute approximate surface area is 122 Å². The van der Waals surface area contributed by atoms with E-state index in [0.717, 1.165) is 19.3 Å². The maximum Gasteiger partial charge on any atom is 0.311 e. The van der Waals surface area contributed by atoms with E-state index in [2.05, 4.69) is 26.7 Å². The fraction of sp³-hybridized carbons (Fsp3) is 0.625. The van der Waals surface area contributed by atoms with Gasteiger partial charge in [-0.1, -0.05) is 44.4 Å². The molecule has 0 aliphatic rings. The first-order chi connectivity index (χ1) is 9.66. The molecule has 0 rings (SSSR count).